The number of aromatic nitrogens is 2. The van der Waals surface area contributed by atoms with Crippen molar-refractivity contribution in [2.75, 3.05) is 43.1 Å². The van der Waals surface area contributed by atoms with Gasteiger partial charge >= 0.3 is 11.7 Å². The number of hydrogen-bond acceptors (Lipinski definition) is 9. The number of anilines is 2. The number of nitro groups is 1. The molecule has 2 saturated heterocycles. The standard InChI is InChI=1S/C17H25N5O5/c1-2-26-17(23)12-5-3-7-21(10-12)16-14(22(24)25)15(19-11-20-16)18-9-13-6-4-8-27-13/h11-13H,2-10H2,1H3,(H,18,19,20). The van der Waals surface area contributed by atoms with E-state index in [0.717, 1.165) is 19.3 Å². The predicted molar refractivity (Wildman–Crippen MR) is 97.7 cm³/mol. The second-order valence-electron chi connectivity index (χ2n) is 6.70. The van der Waals surface area contributed by atoms with Gasteiger partial charge < -0.3 is 19.7 Å². The number of ether oxygens (including phenoxy) is 2. The van der Waals surface area contributed by atoms with E-state index in [9.17, 15) is 14.9 Å². The number of nitrogens with one attached hydrogen (secondary N) is 1. The minimum absolute atomic E-state index is 0.0335. The van der Waals surface area contributed by atoms with Crippen molar-refractivity contribution < 1.29 is 19.2 Å². The van der Waals surface area contributed by atoms with E-state index in [0.29, 0.717) is 39.3 Å². The molecule has 10 heteroatoms. The van der Waals surface area contributed by atoms with Crippen molar-refractivity contribution in [3.05, 3.63) is 16.4 Å². The first-order valence-electron chi connectivity index (χ1n) is 9.36. The summed E-state index contributed by atoms with van der Waals surface area (Å²) in [5.41, 5.74) is -0.167. The molecule has 0 spiro atoms. The molecule has 0 aromatic carbocycles. The van der Waals surface area contributed by atoms with E-state index in [-0.39, 0.29) is 35.3 Å². The van der Waals surface area contributed by atoms with Crippen molar-refractivity contribution >= 4 is 23.3 Å². The van der Waals surface area contributed by atoms with E-state index in [4.69, 9.17) is 9.47 Å². The number of rotatable bonds is 7. The lowest BCUT2D eigenvalue weighted by Gasteiger charge is -2.32. The molecule has 2 aliphatic heterocycles. The molecule has 1 aromatic heterocycles. The van der Waals surface area contributed by atoms with Crippen LogP contribution in [0.3, 0.4) is 0 Å². The predicted octanol–water partition coefficient (Wildman–Crippen LogP) is 1.76. The second-order valence-corrected chi connectivity index (χ2v) is 6.70. The van der Waals surface area contributed by atoms with Crippen molar-refractivity contribution in [3.63, 3.8) is 0 Å². The number of esters is 1. The van der Waals surface area contributed by atoms with Gasteiger partial charge in [-0.15, -0.1) is 0 Å². The highest BCUT2D eigenvalue weighted by atomic mass is 16.6. The molecule has 1 aromatic rings. The van der Waals surface area contributed by atoms with Crippen LogP contribution >= 0.6 is 0 Å². The highest BCUT2D eigenvalue weighted by molar-refractivity contribution is 5.75. The van der Waals surface area contributed by atoms with E-state index >= 15 is 0 Å². The van der Waals surface area contributed by atoms with Crippen LogP contribution in [-0.4, -0.2) is 59.8 Å². The summed E-state index contributed by atoms with van der Waals surface area (Å²) < 4.78 is 10.7. The molecule has 3 heterocycles. The summed E-state index contributed by atoms with van der Waals surface area (Å²) in [5.74, 6) is -0.162. The van der Waals surface area contributed by atoms with Gasteiger partial charge in [-0.05, 0) is 32.6 Å². The highest BCUT2D eigenvalue weighted by Gasteiger charge is 2.33. The Labute approximate surface area is 157 Å². The summed E-state index contributed by atoms with van der Waals surface area (Å²) in [7, 11) is 0. The molecule has 0 saturated carbocycles. The summed E-state index contributed by atoms with van der Waals surface area (Å²) >= 11 is 0. The van der Waals surface area contributed by atoms with E-state index in [1.165, 1.54) is 6.33 Å². The maximum Gasteiger partial charge on any atom is 0.353 e. The highest BCUT2D eigenvalue weighted by Crippen LogP contribution is 2.34. The Hall–Kier alpha value is -2.49. The fraction of sp³-hybridized carbons (Fsp3) is 0.706. The average Bonchev–Trinajstić information content (AvgIpc) is 3.20. The quantitative estimate of drug-likeness (QED) is 0.429. The van der Waals surface area contributed by atoms with Crippen molar-refractivity contribution in [3.8, 4) is 0 Å². The van der Waals surface area contributed by atoms with Gasteiger partial charge in [0.25, 0.3) is 0 Å². The maximum absolute atomic E-state index is 12.1. The zero-order valence-corrected chi connectivity index (χ0v) is 15.4. The Morgan fingerprint density at radius 3 is 3.00 bits per heavy atom. The number of piperidine rings is 1. The molecular formula is C17H25N5O5. The largest absolute Gasteiger partial charge is 0.466 e. The van der Waals surface area contributed by atoms with Crippen LogP contribution in [0.5, 0.6) is 0 Å². The van der Waals surface area contributed by atoms with E-state index in [1.54, 1.807) is 11.8 Å². The zero-order chi connectivity index (χ0) is 19.2. The van der Waals surface area contributed by atoms with Crippen molar-refractivity contribution in [2.24, 2.45) is 5.92 Å². The van der Waals surface area contributed by atoms with Gasteiger partial charge in [0.15, 0.2) is 0 Å². The SMILES string of the molecule is CCOC(=O)C1CCCN(c2ncnc(NCC3CCCO3)c2[N+](=O)[O-])C1. The topological polar surface area (TPSA) is 120 Å². The summed E-state index contributed by atoms with van der Waals surface area (Å²) in [5, 5.41) is 14.8. The number of nitrogens with zero attached hydrogens (tertiary/aromatic N) is 4. The third-order valence-electron chi connectivity index (χ3n) is 4.85. The number of carbonyl (C=O) groups excluding carboxylic acids is 1. The molecule has 0 bridgehead atoms. The summed E-state index contributed by atoms with van der Waals surface area (Å²) in [6, 6.07) is 0. The van der Waals surface area contributed by atoms with Crippen LogP contribution in [0, 0.1) is 16.0 Å². The van der Waals surface area contributed by atoms with E-state index in [1.807, 2.05) is 0 Å². The van der Waals surface area contributed by atoms with Crippen LogP contribution < -0.4 is 10.2 Å². The second kappa shape index (κ2) is 8.94. The van der Waals surface area contributed by atoms with Gasteiger partial charge in [0.1, 0.15) is 6.33 Å². The molecule has 0 aliphatic carbocycles. The Morgan fingerprint density at radius 2 is 2.30 bits per heavy atom. The molecule has 2 atom stereocenters. The van der Waals surface area contributed by atoms with Crippen molar-refractivity contribution in [1.29, 1.82) is 0 Å². The minimum Gasteiger partial charge on any atom is -0.466 e. The third-order valence-corrected chi connectivity index (χ3v) is 4.85. The van der Waals surface area contributed by atoms with Gasteiger partial charge in [0, 0.05) is 26.2 Å². The minimum atomic E-state index is -0.471. The molecule has 1 N–H and O–H groups in total. The molecule has 2 unspecified atom stereocenters. The maximum atomic E-state index is 12.1. The van der Waals surface area contributed by atoms with Gasteiger partial charge in [-0.3, -0.25) is 14.9 Å². The first kappa shape index (κ1) is 19.3. The normalized spacial score (nSPS) is 22.5. The molecule has 2 fully saturated rings. The van der Waals surface area contributed by atoms with E-state index in [2.05, 4.69) is 15.3 Å². The number of carbonyl (C=O) groups is 1. The first-order chi connectivity index (χ1) is 13.1. The Morgan fingerprint density at radius 1 is 1.44 bits per heavy atom. The van der Waals surface area contributed by atoms with Crippen LogP contribution in [0.2, 0.25) is 0 Å². The Kier molecular flexibility index (Phi) is 6.38. The molecular weight excluding hydrogens is 354 g/mol. The lowest BCUT2D eigenvalue weighted by Crippen LogP contribution is -2.40. The fourth-order valence-electron chi connectivity index (χ4n) is 3.54. The van der Waals surface area contributed by atoms with Crippen molar-refractivity contribution in [1.82, 2.24) is 9.97 Å². The van der Waals surface area contributed by atoms with Crippen LogP contribution in [0.4, 0.5) is 17.3 Å². The lowest BCUT2D eigenvalue weighted by molar-refractivity contribution is -0.383. The van der Waals surface area contributed by atoms with Crippen LogP contribution in [0.1, 0.15) is 32.6 Å². The Balaban J connectivity index is 1.78. The zero-order valence-electron chi connectivity index (χ0n) is 15.4. The van der Waals surface area contributed by atoms with Crippen LogP contribution in [-0.2, 0) is 14.3 Å². The molecule has 27 heavy (non-hydrogen) atoms. The molecule has 2 aliphatic rings. The fourth-order valence-corrected chi connectivity index (χ4v) is 3.54. The molecule has 3 rings (SSSR count). The van der Waals surface area contributed by atoms with Gasteiger partial charge in [-0.1, -0.05) is 0 Å². The van der Waals surface area contributed by atoms with Gasteiger partial charge in [0.2, 0.25) is 11.6 Å². The summed E-state index contributed by atoms with van der Waals surface area (Å²) in [6.45, 7) is 4.20. The average molecular weight is 379 g/mol. The third kappa shape index (κ3) is 4.62. The Bertz CT molecular complexity index is 680. The summed E-state index contributed by atoms with van der Waals surface area (Å²) in [4.78, 5) is 33.3. The number of hydrogen-bond donors (Lipinski definition) is 1. The van der Waals surface area contributed by atoms with Crippen molar-refractivity contribution in [2.45, 2.75) is 38.7 Å². The smallest absolute Gasteiger partial charge is 0.353 e. The molecule has 148 valence electrons. The lowest BCUT2D eigenvalue weighted by atomic mass is 9.98. The van der Waals surface area contributed by atoms with Crippen LogP contribution in [0.25, 0.3) is 0 Å². The van der Waals surface area contributed by atoms with Gasteiger partial charge in [-0.25, -0.2) is 9.97 Å². The van der Waals surface area contributed by atoms with Gasteiger partial charge in [-0.2, -0.15) is 0 Å². The molecule has 10 nitrogen and oxygen atoms in total. The van der Waals surface area contributed by atoms with Gasteiger partial charge in [0.05, 0.1) is 23.6 Å². The monoisotopic (exact) mass is 379 g/mol. The molecule has 0 amide bonds. The first-order valence-corrected chi connectivity index (χ1v) is 9.36. The van der Waals surface area contributed by atoms with Crippen LogP contribution in [0.15, 0.2) is 6.33 Å². The van der Waals surface area contributed by atoms with E-state index < -0.39 is 4.92 Å². The summed E-state index contributed by atoms with van der Waals surface area (Å²) in [6.07, 6.45) is 4.71. The molecule has 0 radical (unpaired) electrons.